The molecule has 1 saturated carbocycles. The fourth-order valence-corrected chi connectivity index (χ4v) is 5.13. The van der Waals surface area contributed by atoms with E-state index in [1.165, 1.54) is 4.90 Å². The Morgan fingerprint density at radius 1 is 1.06 bits per heavy atom. The van der Waals surface area contributed by atoms with Crippen LogP contribution in [-0.4, -0.2) is 78.9 Å². The zero-order valence-electron chi connectivity index (χ0n) is 20.3. The second-order valence-electron chi connectivity index (χ2n) is 9.48. The number of benzene rings is 1. The van der Waals surface area contributed by atoms with E-state index in [0.717, 1.165) is 38.5 Å². The van der Waals surface area contributed by atoms with Crippen molar-refractivity contribution in [3.05, 3.63) is 24.3 Å². The molecular formula is C25H35N5O5. The molecule has 10 nitrogen and oxygen atoms in total. The molecule has 3 fully saturated rings. The van der Waals surface area contributed by atoms with Gasteiger partial charge in [-0.05, 0) is 37.8 Å². The molecule has 1 aromatic carbocycles. The first-order chi connectivity index (χ1) is 17.0. The molecule has 2 saturated heterocycles. The van der Waals surface area contributed by atoms with Gasteiger partial charge in [-0.25, -0.2) is 4.79 Å². The first kappa shape index (κ1) is 24.8. The molecule has 2 heterocycles. The van der Waals surface area contributed by atoms with Gasteiger partial charge in [0.1, 0.15) is 17.8 Å². The summed E-state index contributed by atoms with van der Waals surface area (Å²) in [6.07, 6.45) is 6.29. The van der Waals surface area contributed by atoms with Crippen molar-refractivity contribution < 1.29 is 23.9 Å². The largest absolute Gasteiger partial charge is 0.497 e. The molecule has 0 spiro atoms. The van der Waals surface area contributed by atoms with Crippen molar-refractivity contribution in [3.8, 4) is 5.75 Å². The first-order valence-electron chi connectivity index (χ1n) is 12.5. The van der Waals surface area contributed by atoms with Crippen molar-refractivity contribution in [2.24, 2.45) is 5.92 Å². The Balaban J connectivity index is 1.49. The number of piperazine rings is 1. The summed E-state index contributed by atoms with van der Waals surface area (Å²) >= 11 is 0. The standard InChI is InChI=1S/C25H35N5O5/c1-35-19-10-5-9-18(15-19)27-25(34)30-14-13-29(24(33)17-7-3-2-4-8-17)16-21(30)23(32)28-20-11-6-12-26-22(20)31/h5,9-10,15,17,20-21H,2-4,6-8,11-14,16H2,1H3,(H,26,31)(H,27,34)(H,28,32)/t20-,21+/m0/s1. The lowest BCUT2D eigenvalue weighted by atomic mass is 9.88. The monoisotopic (exact) mass is 485 g/mol. The third kappa shape index (κ3) is 6.04. The minimum absolute atomic E-state index is 0.0197. The van der Waals surface area contributed by atoms with E-state index in [9.17, 15) is 19.2 Å². The van der Waals surface area contributed by atoms with E-state index in [0.29, 0.717) is 30.9 Å². The smallest absolute Gasteiger partial charge is 0.322 e. The lowest BCUT2D eigenvalue weighted by Crippen LogP contribution is -2.64. The highest BCUT2D eigenvalue weighted by molar-refractivity contribution is 5.96. The van der Waals surface area contributed by atoms with E-state index in [1.807, 2.05) is 0 Å². The van der Waals surface area contributed by atoms with E-state index in [4.69, 9.17) is 4.74 Å². The minimum atomic E-state index is -0.892. The van der Waals surface area contributed by atoms with Crippen LogP contribution < -0.4 is 20.7 Å². The van der Waals surface area contributed by atoms with Crippen LogP contribution in [0.2, 0.25) is 0 Å². The molecule has 1 aliphatic carbocycles. The summed E-state index contributed by atoms with van der Waals surface area (Å²) in [6, 6.07) is 5.02. The highest BCUT2D eigenvalue weighted by Gasteiger charge is 2.40. The van der Waals surface area contributed by atoms with Gasteiger partial charge in [0.2, 0.25) is 17.7 Å². The number of nitrogens with one attached hydrogen (secondary N) is 3. The zero-order chi connectivity index (χ0) is 24.8. The number of carbonyl (C=O) groups is 4. The van der Waals surface area contributed by atoms with Crippen molar-refractivity contribution in [1.29, 1.82) is 0 Å². The number of amides is 5. The second kappa shape index (κ2) is 11.4. The van der Waals surface area contributed by atoms with Crippen LogP contribution >= 0.6 is 0 Å². The predicted octanol–water partition coefficient (Wildman–Crippen LogP) is 1.72. The fourth-order valence-electron chi connectivity index (χ4n) is 5.13. The maximum absolute atomic E-state index is 13.4. The molecule has 35 heavy (non-hydrogen) atoms. The number of urea groups is 1. The topological polar surface area (TPSA) is 120 Å². The van der Waals surface area contributed by atoms with Gasteiger partial charge in [-0.15, -0.1) is 0 Å². The van der Waals surface area contributed by atoms with E-state index < -0.39 is 24.0 Å². The quantitative estimate of drug-likeness (QED) is 0.587. The lowest BCUT2D eigenvalue weighted by Gasteiger charge is -2.42. The number of carbonyl (C=O) groups excluding carboxylic acids is 4. The van der Waals surface area contributed by atoms with Crippen LogP contribution in [0.3, 0.4) is 0 Å². The van der Waals surface area contributed by atoms with Gasteiger partial charge in [0.15, 0.2) is 0 Å². The average Bonchev–Trinajstić information content (AvgIpc) is 2.89. The van der Waals surface area contributed by atoms with Gasteiger partial charge in [0, 0.05) is 37.3 Å². The summed E-state index contributed by atoms with van der Waals surface area (Å²) < 4.78 is 5.22. The lowest BCUT2D eigenvalue weighted by molar-refractivity contribution is -0.142. The number of anilines is 1. The molecule has 10 heteroatoms. The molecule has 3 N–H and O–H groups in total. The summed E-state index contributed by atoms with van der Waals surface area (Å²) in [5.41, 5.74) is 0.542. The SMILES string of the molecule is COc1cccc(NC(=O)N2CCN(C(=O)C3CCCCC3)C[C@@H]2C(=O)N[C@H]2CCCNC2=O)c1. The number of nitrogens with zero attached hydrogens (tertiary/aromatic N) is 2. The Labute approximate surface area is 205 Å². The van der Waals surface area contributed by atoms with Crippen molar-refractivity contribution >= 4 is 29.4 Å². The van der Waals surface area contributed by atoms with Crippen molar-refractivity contribution in [2.45, 2.75) is 57.0 Å². The van der Waals surface area contributed by atoms with Gasteiger partial charge in [-0.3, -0.25) is 14.4 Å². The second-order valence-corrected chi connectivity index (χ2v) is 9.48. The van der Waals surface area contributed by atoms with Crippen LogP contribution in [0.15, 0.2) is 24.3 Å². The van der Waals surface area contributed by atoms with Gasteiger partial charge in [-0.1, -0.05) is 25.3 Å². The van der Waals surface area contributed by atoms with Crippen LogP contribution in [-0.2, 0) is 14.4 Å². The first-order valence-corrected chi connectivity index (χ1v) is 12.5. The molecule has 2 aliphatic heterocycles. The summed E-state index contributed by atoms with van der Waals surface area (Å²) in [7, 11) is 1.55. The summed E-state index contributed by atoms with van der Waals surface area (Å²) in [5, 5.41) is 8.41. The Kier molecular flexibility index (Phi) is 8.09. The van der Waals surface area contributed by atoms with Crippen LogP contribution in [0.1, 0.15) is 44.9 Å². The molecule has 0 aromatic heterocycles. The van der Waals surface area contributed by atoms with E-state index >= 15 is 0 Å². The van der Waals surface area contributed by atoms with Crippen molar-refractivity contribution in [3.63, 3.8) is 0 Å². The predicted molar refractivity (Wildman–Crippen MR) is 130 cm³/mol. The molecule has 2 atom stereocenters. The summed E-state index contributed by atoms with van der Waals surface area (Å²) in [5.74, 6) is -0.000255. The number of hydrogen-bond donors (Lipinski definition) is 3. The zero-order valence-corrected chi connectivity index (χ0v) is 20.3. The Hall–Kier alpha value is -3.30. The van der Waals surface area contributed by atoms with Crippen molar-refractivity contribution in [1.82, 2.24) is 20.4 Å². The number of methoxy groups -OCH3 is 1. The van der Waals surface area contributed by atoms with Crippen LogP contribution in [0.25, 0.3) is 0 Å². The van der Waals surface area contributed by atoms with E-state index in [-0.39, 0.29) is 30.8 Å². The Morgan fingerprint density at radius 2 is 1.86 bits per heavy atom. The molecule has 0 unspecified atom stereocenters. The average molecular weight is 486 g/mol. The normalized spacial score (nSPS) is 23.3. The highest BCUT2D eigenvalue weighted by atomic mass is 16.5. The molecule has 5 amide bonds. The maximum Gasteiger partial charge on any atom is 0.322 e. The number of piperidine rings is 1. The Morgan fingerprint density at radius 3 is 2.60 bits per heavy atom. The molecule has 0 bridgehead atoms. The number of hydrogen-bond acceptors (Lipinski definition) is 5. The fraction of sp³-hybridized carbons (Fsp3) is 0.600. The third-order valence-corrected chi connectivity index (χ3v) is 7.13. The molecule has 190 valence electrons. The van der Waals surface area contributed by atoms with Crippen LogP contribution in [0.5, 0.6) is 5.75 Å². The summed E-state index contributed by atoms with van der Waals surface area (Å²) in [4.78, 5) is 55.2. The molecule has 0 radical (unpaired) electrons. The van der Waals surface area contributed by atoms with Gasteiger partial charge >= 0.3 is 6.03 Å². The molecular weight excluding hydrogens is 450 g/mol. The van der Waals surface area contributed by atoms with Crippen LogP contribution in [0.4, 0.5) is 10.5 Å². The van der Waals surface area contributed by atoms with E-state index in [1.54, 1.807) is 36.3 Å². The van der Waals surface area contributed by atoms with Gasteiger partial charge < -0.3 is 30.5 Å². The summed E-state index contributed by atoms with van der Waals surface area (Å²) in [6.45, 7) is 1.30. The van der Waals surface area contributed by atoms with Gasteiger partial charge in [-0.2, -0.15) is 0 Å². The molecule has 3 aliphatic rings. The van der Waals surface area contributed by atoms with E-state index in [2.05, 4.69) is 16.0 Å². The van der Waals surface area contributed by atoms with Crippen LogP contribution in [0, 0.1) is 5.92 Å². The highest BCUT2D eigenvalue weighted by Crippen LogP contribution is 2.27. The molecule has 1 aromatic rings. The number of ether oxygens (including phenoxy) is 1. The van der Waals surface area contributed by atoms with Crippen molar-refractivity contribution in [2.75, 3.05) is 38.6 Å². The molecule has 4 rings (SSSR count). The van der Waals surface area contributed by atoms with Gasteiger partial charge in [0.25, 0.3) is 0 Å². The van der Waals surface area contributed by atoms with Gasteiger partial charge in [0.05, 0.1) is 13.7 Å². The third-order valence-electron chi connectivity index (χ3n) is 7.13. The number of rotatable bonds is 5. The maximum atomic E-state index is 13.4. The minimum Gasteiger partial charge on any atom is -0.497 e. The Bertz CT molecular complexity index is 948.